The van der Waals surface area contributed by atoms with E-state index in [0.717, 1.165) is 11.3 Å². The van der Waals surface area contributed by atoms with Crippen molar-refractivity contribution in [1.29, 1.82) is 0 Å². The van der Waals surface area contributed by atoms with Gasteiger partial charge in [-0.25, -0.2) is 0 Å². The molecule has 198 valence electrons. The Balaban J connectivity index is 1.31. The van der Waals surface area contributed by atoms with Gasteiger partial charge in [-0.2, -0.15) is 0 Å². The molecule has 0 radical (unpaired) electrons. The van der Waals surface area contributed by atoms with Crippen molar-refractivity contribution in [1.82, 2.24) is 10.9 Å². The van der Waals surface area contributed by atoms with E-state index in [9.17, 15) is 19.2 Å². The summed E-state index contributed by atoms with van der Waals surface area (Å²) < 4.78 is 10.7. The van der Waals surface area contributed by atoms with Crippen molar-refractivity contribution in [3.05, 3.63) is 88.4 Å². The van der Waals surface area contributed by atoms with Crippen LogP contribution in [0.5, 0.6) is 11.5 Å². The lowest BCUT2D eigenvalue weighted by molar-refractivity contribution is -0.148. The van der Waals surface area contributed by atoms with Gasteiger partial charge in [0.15, 0.2) is 6.61 Å². The Kier molecular flexibility index (Phi) is 10.2. The minimum Gasteiger partial charge on any atom is -0.457 e. The van der Waals surface area contributed by atoms with Crippen LogP contribution >= 0.6 is 11.6 Å². The Hall–Kier alpha value is -4.37. The fraction of sp³-hybridized carbons (Fsp3) is 0.214. The largest absolute Gasteiger partial charge is 0.457 e. The van der Waals surface area contributed by atoms with Gasteiger partial charge in [-0.15, -0.1) is 0 Å². The first kappa shape index (κ1) is 28.2. The number of anilines is 1. The first-order valence-electron chi connectivity index (χ1n) is 11.9. The fourth-order valence-corrected chi connectivity index (χ4v) is 3.45. The first-order chi connectivity index (χ1) is 18.2. The zero-order chi connectivity index (χ0) is 27.5. The molecule has 0 aromatic heterocycles. The lowest BCUT2D eigenvalue weighted by Gasteiger charge is -2.10. The summed E-state index contributed by atoms with van der Waals surface area (Å²) >= 11 is 5.92. The third-order valence-corrected chi connectivity index (χ3v) is 5.76. The van der Waals surface area contributed by atoms with E-state index >= 15 is 0 Å². The molecular weight excluding hydrogens is 510 g/mol. The smallest absolute Gasteiger partial charge is 0.306 e. The molecule has 3 aromatic carbocycles. The molecule has 38 heavy (non-hydrogen) atoms. The first-order valence-corrected chi connectivity index (χ1v) is 12.2. The van der Waals surface area contributed by atoms with Gasteiger partial charge in [-0.05, 0) is 79.9 Å². The Bertz CT molecular complexity index is 1310. The topological polar surface area (TPSA) is 123 Å². The minimum absolute atomic E-state index is 0.0462. The molecule has 3 N–H and O–H groups in total. The Labute approximate surface area is 225 Å². The van der Waals surface area contributed by atoms with Gasteiger partial charge in [-0.1, -0.05) is 29.8 Å². The van der Waals surface area contributed by atoms with Crippen LogP contribution in [0.15, 0.2) is 66.7 Å². The zero-order valence-electron chi connectivity index (χ0n) is 21.0. The number of hydrazine groups is 1. The minimum atomic E-state index is -0.721. The second kappa shape index (κ2) is 13.8. The van der Waals surface area contributed by atoms with Crippen LogP contribution in [0.25, 0.3) is 0 Å². The number of nitrogens with one attached hydrogen (secondary N) is 3. The van der Waals surface area contributed by atoms with Gasteiger partial charge in [-0.3, -0.25) is 30.0 Å². The van der Waals surface area contributed by atoms with E-state index in [1.165, 1.54) is 11.6 Å². The summed E-state index contributed by atoms with van der Waals surface area (Å²) in [7, 11) is 0. The molecular formula is C28H28ClN3O6. The number of carbonyl (C=O) groups is 4. The maximum atomic E-state index is 12.2. The molecule has 0 aliphatic carbocycles. The van der Waals surface area contributed by atoms with E-state index in [2.05, 4.69) is 16.2 Å². The molecule has 0 bridgehead atoms. The quantitative estimate of drug-likeness (QED) is 0.251. The van der Waals surface area contributed by atoms with E-state index in [1.807, 2.05) is 32.0 Å². The average molecular weight is 538 g/mol. The lowest BCUT2D eigenvalue weighted by atomic mass is 10.1. The van der Waals surface area contributed by atoms with Gasteiger partial charge in [0, 0.05) is 18.5 Å². The third-order valence-electron chi connectivity index (χ3n) is 5.44. The molecule has 0 aliphatic rings. The average Bonchev–Trinajstić information content (AvgIpc) is 2.89. The van der Waals surface area contributed by atoms with Gasteiger partial charge < -0.3 is 14.8 Å². The molecule has 3 aromatic rings. The summed E-state index contributed by atoms with van der Waals surface area (Å²) in [6.45, 7) is 3.47. The summed E-state index contributed by atoms with van der Waals surface area (Å²) in [5.74, 6) is -0.859. The second-order valence-corrected chi connectivity index (χ2v) is 8.82. The van der Waals surface area contributed by atoms with Crippen molar-refractivity contribution in [2.24, 2.45) is 0 Å². The van der Waals surface area contributed by atoms with Crippen molar-refractivity contribution >= 4 is 41.0 Å². The molecule has 0 atom stereocenters. The van der Waals surface area contributed by atoms with Crippen LogP contribution in [0, 0.1) is 13.8 Å². The highest BCUT2D eigenvalue weighted by Gasteiger charge is 2.13. The Morgan fingerprint density at radius 3 is 2.21 bits per heavy atom. The zero-order valence-corrected chi connectivity index (χ0v) is 21.8. The second-order valence-electron chi connectivity index (χ2n) is 8.42. The summed E-state index contributed by atoms with van der Waals surface area (Å²) in [4.78, 5) is 47.8. The Morgan fingerprint density at radius 2 is 1.50 bits per heavy atom. The number of ether oxygens (including phenoxy) is 2. The van der Waals surface area contributed by atoms with Crippen molar-refractivity contribution in [2.75, 3.05) is 11.9 Å². The molecule has 10 heteroatoms. The molecule has 3 amide bonds. The highest BCUT2D eigenvalue weighted by Crippen LogP contribution is 2.25. The van der Waals surface area contributed by atoms with Crippen molar-refractivity contribution in [3.8, 4) is 11.5 Å². The maximum Gasteiger partial charge on any atom is 0.306 e. The molecule has 0 fully saturated rings. The number of amides is 3. The van der Waals surface area contributed by atoms with E-state index in [4.69, 9.17) is 21.1 Å². The van der Waals surface area contributed by atoms with Crippen LogP contribution in [0.3, 0.4) is 0 Å². The van der Waals surface area contributed by atoms with Gasteiger partial charge in [0.1, 0.15) is 11.5 Å². The molecule has 0 saturated carbocycles. The summed E-state index contributed by atoms with van der Waals surface area (Å²) in [6.07, 6.45) is 0.287. The third kappa shape index (κ3) is 8.94. The number of rotatable bonds is 10. The number of hydrogen-bond donors (Lipinski definition) is 3. The number of hydrogen-bond acceptors (Lipinski definition) is 6. The number of aryl methyl sites for hydroxylation is 2. The van der Waals surface area contributed by atoms with Crippen LogP contribution in [-0.4, -0.2) is 30.3 Å². The van der Waals surface area contributed by atoms with Gasteiger partial charge in [0.25, 0.3) is 11.8 Å². The van der Waals surface area contributed by atoms with E-state index in [1.54, 1.807) is 42.5 Å². The molecule has 3 rings (SSSR count). The predicted molar refractivity (Wildman–Crippen MR) is 143 cm³/mol. The van der Waals surface area contributed by atoms with Gasteiger partial charge >= 0.3 is 5.97 Å². The van der Waals surface area contributed by atoms with E-state index < -0.39 is 24.4 Å². The molecule has 0 saturated heterocycles. The predicted octanol–water partition coefficient (Wildman–Crippen LogP) is 4.86. The van der Waals surface area contributed by atoms with Crippen molar-refractivity contribution in [2.45, 2.75) is 33.1 Å². The van der Waals surface area contributed by atoms with E-state index in [-0.39, 0.29) is 35.8 Å². The number of benzene rings is 3. The van der Waals surface area contributed by atoms with Crippen LogP contribution in [0.2, 0.25) is 5.02 Å². The highest BCUT2D eigenvalue weighted by atomic mass is 35.5. The number of esters is 1. The Morgan fingerprint density at radius 1 is 0.789 bits per heavy atom. The summed E-state index contributed by atoms with van der Waals surface area (Å²) in [5.41, 5.74) is 7.43. The van der Waals surface area contributed by atoms with Crippen LogP contribution in [0.1, 0.15) is 40.7 Å². The summed E-state index contributed by atoms with van der Waals surface area (Å²) in [5, 5.41) is 2.99. The van der Waals surface area contributed by atoms with Crippen molar-refractivity contribution in [3.63, 3.8) is 0 Å². The fourth-order valence-electron chi connectivity index (χ4n) is 3.23. The SMILES string of the molecule is Cc1ccc(Oc2ccc(NC(=O)CCCC(=O)OCC(=O)NNC(=O)c3ccccc3Cl)cc2)cc1C. The molecule has 0 heterocycles. The maximum absolute atomic E-state index is 12.2. The van der Waals surface area contributed by atoms with E-state index in [0.29, 0.717) is 11.4 Å². The standard InChI is InChI=1S/C28H28ClN3O6/c1-18-10-13-22(16-19(18)2)38-21-14-11-20(12-15-21)30-25(33)8-5-9-27(35)37-17-26(34)31-32-28(36)23-6-3-4-7-24(23)29/h3-4,6-7,10-16H,5,8-9,17H2,1-2H3,(H,30,33)(H,31,34)(H,32,36). The highest BCUT2D eigenvalue weighted by molar-refractivity contribution is 6.33. The van der Waals surface area contributed by atoms with Crippen LogP contribution in [-0.2, 0) is 19.1 Å². The number of halogens is 1. The summed E-state index contributed by atoms with van der Waals surface area (Å²) in [6, 6.07) is 19.2. The molecule has 9 nitrogen and oxygen atoms in total. The molecule has 0 aliphatic heterocycles. The van der Waals surface area contributed by atoms with Crippen molar-refractivity contribution < 1.29 is 28.7 Å². The normalized spacial score (nSPS) is 10.3. The van der Waals surface area contributed by atoms with Crippen LogP contribution < -0.4 is 20.9 Å². The van der Waals surface area contributed by atoms with Crippen LogP contribution in [0.4, 0.5) is 5.69 Å². The number of carbonyl (C=O) groups excluding carboxylic acids is 4. The molecule has 0 spiro atoms. The lowest BCUT2D eigenvalue weighted by Crippen LogP contribution is -2.43. The molecule has 0 unspecified atom stereocenters. The van der Waals surface area contributed by atoms with Gasteiger partial charge in [0.05, 0.1) is 10.6 Å². The van der Waals surface area contributed by atoms with Gasteiger partial charge in [0.2, 0.25) is 5.91 Å². The monoisotopic (exact) mass is 537 g/mol.